The van der Waals surface area contributed by atoms with Crippen molar-refractivity contribution in [2.45, 2.75) is 46.8 Å². The number of rotatable bonds is 9. The Hall–Kier alpha value is -3.85. The van der Waals surface area contributed by atoms with Crippen LogP contribution in [0.5, 0.6) is 17.2 Å². The number of esters is 1. The molecule has 1 aliphatic heterocycles. The average molecular weight is 537 g/mol. The van der Waals surface area contributed by atoms with E-state index in [1.54, 1.807) is 37.7 Å². The minimum absolute atomic E-state index is 0.00411. The lowest BCUT2D eigenvalue weighted by atomic mass is 9.95. The Labute approximate surface area is 225 Å². The number of allylic oxidation sites excluding steroid dienone is 1. The molecule has 0 unspecified atom stereocenters. The number of nitrogens with zero attached hydrogens (tertiary/aromatic N) is 2. The highest BCUT2D eigenvalue weighted by molar-refractivity contribution is 7.07. The number of benzene rings is 2. The van der Waals surface area contributed by atoms with Crippen molar-refractivity contribution in [1.82, 2.24) is 4.57 Å². The Bertz CT molecular complexity index is 1550. The van der Waals surface area contributed by atoms with Gasteiger partial charge in [-0.2, -0.15) is 0 Å². The van der Waals surface area contributed by atoms with E-state index < -0.39 is 12.0 Å². The molecule has 1 atom stereocenters. The van der Waals surface area contributed by atoms with Gasteiger partial charge >= 0.3 is 5.97 Å². The van der Waals surface area contributed by atoms with E-state index in [9.17, 15) is 9.59 Å². The Morgan fingerprint density at radius 2 is 1.87 bits per heavy atom. The zero-order valence-electron chi connectivity index (χ0n) is 22.4. The van der Waals surface area contributed by atoms with Gasteiger partial charge < -0.3 is 18.9 Å². The highest BCUT2D eigenvalue weighted by atomic mass is 32.1. The molecule has 1 aromatic heterocycles. The number of thiazole rings is 1. The first kappa shape index (κ1) is 27.2. The average Bonchev–Trinajstić information content (AvgIpc) is 3.18. The maximum atomic E-state index is 13.9. The highest BCUT2D eigenvalue weighted by Gasteiger charge is 2.34. The summed E-state index contributed by atoms with van der Waals surface area (Å²) >= 11 is 1.26. The fourth-order valence-corrected chi connectivity index (χ4v) is 5.41. The zero-order valence-corrected chi connectivity index (χ0v) is 23.3. The Kier molecular flexibility index (Phi) is 8.36. The van der Waals surface area contributed by atoms with Crippen molar-refractivity contribution >= 4 is 23.4 Å². The van der Waals surface area contributed by atoms with Gasteiger partial charge in [0.15, 0.2) is 16.3 Å². The second-order valence-corrected chi connectivity index (χ2v) is 9.86. The van der Waals surface area contributed by atoms with Crippen LogP contribution in [-0.4, -0.2) is 37.0 Å². The first-order valence-electron chi connectivity index (χ1n) is 12.5. The fourth-order valence-electron chi connectivity index (χ4n) is 4.36. The maximum Gasteiger partial charge on any atom is 0.338 e. The summed E-state index contributed by atoms with van der Waals surface area (Å²) in [6.07, 6.45) is 1.80. The zero-order chi connectivity index (χ0) is 27.4. The number of aromatic nitrogens is 1. The van der Waals surface area contributed by atoms with Gasteiger partial charge in [-0.15, -0.1) is 0 Å². The van der Waals surface area contributed by atoms with Crippen LogP contribution in [0.4, 0.5) is 0 Å². The SMILES string of the molecule is CCOC(=O)C1=C(C)N=c2s/c(=C\c3ccc(OC(C)C)c(OCC)c3)c(=O)n2[C@@H]1c1ccccc1OC. The molecule has 0 fully saturated rings. The van der Waals surface area contributed by atoms with Gasteiger partial charge in [-0.25, -0.2) is 9.79 Å². The van der Waals surface area contributed by atoms with E-state index in [1.165, 1.54) is 11.3 Å². The van der Waals surface area contributed by atoms with Crippen LogP contribution in [0.3, 0.4) is 0 Å². The lowest BCUT2D eigenvalue weighted by molar-refractivity contribution is -0.139. The minimum Gasteiger partial charge on any atom is -0.496 e. The summed E-state index contributed by atoms with van der Waals surface area (Å²) in [6.45, 7) is 10.0. The summed E-state index contributed by atoms with van der Waals surface area (Å²) in [5, 5.41) is 0. The Morgan fingerprint density at radius 3 is 2.55 bits per heavy atom. The van der Waals surface area contributed by atoms with Crippen molar-refractivity contribution in [3.8, 4) is 17.2 Å². The first-order valence-corrected chi connectivity index (χ1v) is 13.4. The van der Waals surface area contributed by atoms with E-state index in [0.29, 0.717) is 50.0 Å². The smallest absolute Gasteiger partial charge is 0.338 e. The molecule has 9 heteroatoms. The number of ether oxygens (including phenoxy) is 4. The minimum atomic E-state index is -0.746. The maximum absolute atomic E-state index is 13.9. The molecule has 2 aromatic carbocycles. The number of para-hydroxylation sites is 1. The third-order valence-electron chi connectivity index (χ3n) is 5.88. The predicted molar refractivity (Wildman–Crippen MR) is 147 cm³/mol. The Balaban J connectivity index is 1.91. The first-order chi connectivity index (χ1) is 18.3. The van der Waals surface area contributed by atoms with Crippen molar-refractivity contribution in [1.29, 1.82) is 0 Å². The van der Waals surface area contributed by atoms with Crippen molar-refractivity contribution < 1.29 is 23.7 Å². The summed E-state index contributed by atoms with van der Waals surface area (Å²) < 4.78 is 24.6. The fraction of sp³-hybridized carbons (Fsp3) is 0.345. The molecule has 0 saturated heterocycles. The van der Waals surface area contributed by atoms with E-state index >= 15 is 0 Å². The van der Waals surface area contributed by atoms with Crippen molar-refractivity contribution in [2.75, 3.05) is 20.3 Å². The summed E-state index contributed by atoms with van der Waals surface area (Å²) in [7, 11) is 1.56. The summed E-state index contributed by atoms with van der Waals surface area (Å²) in [5.41, 5.74) is 2.00. The molecular weight excluding hydrogens is 504 g/mol. The summed E-state index contributed by atoms with van der Waals surface area (Å²) in [5.74, 6) is 1.30. The normalized spacial score (nSPS) is 15.2. The highest BCUT2D eigenvalue weighted by Crippen LogP contribution is 2.35. The number of fused-ring (bicyclic) bond motifs is 1. The Morgan fingerprint density at radius 1 is 1.11 bits per heavy atom. The molecule has 0 radical (unpaired) electrons. The van der Waals surface area contributed by atoms with Gasteiger partial charge in [0.2, 0.25) is 0 Å². The molecule has 8 nitrogen and oxygen atoms in total. The van der Waals surface area contributed by atoms with E-state index in [-0.39, 0.29) is 18.3 Å². The van der Waals surface area contributed by atoms with E-state index in [2.05, 4.69) is 4.99 Å². The van der Waals surface area contributed by atoms with E-state index in [0.717, 1.165) is 5.56 Å². The molecule has 3 aromatic rings. The van der Waals surface area contributed by atoms with Crippen LogP contribution in [0.15, 0.2) is 63.5 Å². The molecule has 0 saturated carbocycles. The van der Waals surface area contributed by atoms with Crippen LogP contribution >= 0.6 is 11.3 Å². The second-order valence-electron chi connectivity index (χ2n) is 8.85. The van der Waals surface area contributed by atoms with Crippen LogP contribution in [0.1, 0.15) is 51.8 Å². The summed E-state index contributed by atoms with van der Waals surface area (Å²) in [6, 6.07) is 12.2. The number of hydrogen-bond acceptors (Lipinski definition) is 8. The molecule has 200 valence electrons. The van der Waals surface area contributed by atoms with Crippen molar-refractivity contribution in [2.24, 2.45) is 4.99 Å². The van der Waals surface area contributed by atoms with Crippen LogP contribution in [0, 0.1) is 0 Å². The monoisotopic (exact) mass is 536 g/mol. The molecule has 0 N–H and O–H groups in total. The molecule has 0 spiro atoms. The van der Waals surface area contributed by atoms with Crippen molar-refractivity contribution in [3.63, 3.8) is 0 Å². The van der Waals surface area contributed by atoms with Gasteiger partial charge in [0, 0.05) is 5.56 Å². The van der Waals surface area contributed by atoms with Gasteiger partial charge in [0.05, 0.1) is 42.2 Å². The lowest BCUT2D eigenvalue weighted by Crippen LogP contribution is -2.40. The van der Waals surface area contributed by atoms with Crippen LogP contribution in [-0.2, 0) is 9.53 Å². The van der Waals surface area contributed by atoms with Gasteiger partial charge in [-0.3, -0.25) is 9.36 Å². The third kappa shape index (κ3) is 5.38. The second kappa shape index (κ2) is 11.7. The van der Waals surface area contributed by atoms with Crippen molar-refractivity contribution in [3.05, 3.63) is 84.5 Å². The van der Waals surface area contributed by atoms with E-state index in [1.807, 2.05) is 57.2 Å². The molecular formula is C29H32N2O6S. The predicted octanol–water partition coefficient (Wildman–Crippen LogP) is 3.99. The number of methoxy groups -OCH3 is 1. The largest absolute Gasteiger partial charge is 0.496 e. The van der Waals surface area contributed by atoms with Gasteiger partial charge in [0.25, 0.3) is 5.56 Å². The lowest BCUT2D eigenvalue weighted by Gasteiger charge is -2.25. The standard InChI is InChI=1S/C29H32N2O6S/c1-7-35-23-15-19(13-14-22(23)37-17(3)4)16-24-27(32)31-26(20-11-9-10-12-21(20)34-6)25(28(33)36-8-2)18(5)30-29(31)38-24/h9-17,26H,7-8H2,1-6H3/b24-16-/t26-/m1/s1. The van der Waals surface area contributed by atoms with Crippen LogP contribution in [0.2, 0.25) is 0 Å². The molecule has 0 aliphatic carbocycles. The molecule has 0 amide bonds. The molecule has 38 heavy (non-hydrogen) atoms. The van der Waals surface area contributed by atoms with E-state index in [4.69, 9.17) is 18.9 Å². The molecule has 1 aliphatic rings. The third-order valence-corrected chi connectivity index (χ3v) is 6.86. The molecule has 0 bridgehead atoms. The molecule has 2 heterocycles. The topological polar surface area (TPSA) is 88.4 Å². The van der Waals surface area contributed by atoms with Gasteiger partial charge in [0.1, 0.15) is 11.8 Å². The molecule has 4 rings (SSSR count). The van der Waals surface area contributed by atoms with Crippen LogP contribution in [0.25, 0.3) is 6.08 Å². The van der Waals surface area contributed by atoms with Gasteiger partial charge in [-0.05, 0) is 64.5 Å². The number of hydrogen-bond donors (Lipinski definition) is 0. The number of carbonyl (C=O) groups is 1. The van der Waals surface area contributed by atoms with Gasteiger partial charge in [-0.1, -0.05) is 35.6 Å². The summed E-state index contributed by atoms with van der Waals surface area (Å²) in [4.78, 5) is 32.1. The number of carbonyl (C=O) groups excluding carboxylic acids is 1. The van der Waals surface area contributed by atoms with Crippen LogP contribution < -0.4 is 29.1 Å². The quantitative estimate of drug-likeness (QED) is 0.384.